The minimum absolute atomic E-state index is 0.137. The maximum atomic E-state index is 13.0. The molecule has 2 aromatic carbocycles. The van der Waals surface area contributed by atoms with Crippen LogP contribution in [-0.4, -0.2) is 33.2 Å². The monoisotopic (exact) mass is 452 g/mol. The number of rotatable bonds is 5. The first-order valence-corrected chi connectivity index (χ1v) is 10.4. The Morgan fingerprint density at radius 1 is 1.14 bits per heavy atom. The van der Waals surface area contributed by atoms with Crippen LogP contribution in [0.3, 0.4) is 0 Å². The topological polar surface area (TPSA) is 73.4 Å². The predicted octanol–water partition coefficient (Wildman–Crippen LogP) is 5.15. The second-order valence-electron chi connectivity index (χ2n) is 7.14. The number of hydrogen-bond acceptors (Lipinski definition) is 3. The zero-order chi connectivity index (χ0) is 20.5. The molecular weight excluding hydrogens is 432 g/mol. The number of aliphatic hydroxyl groups excluding tert-OH is 1. The van der Waals surface area contributed by atoms with Crippen molar-refractivity contribution >= 4 is 44.3 Å². The highest BCUT2D eigenvalue weighted by molar-refractivity contribution is 9.10. The first-order valence-electron chi connectivity index (χ1n) is 9.63. The number of carbonyl (C=O) groups excluding carboxylic acids is 2. The van der Waals surface area contributed by atoms with Crippen molar-refractivity contribution in [2.45, 2.75) is 25.8 Å². The Morgan fingerprint density at radius 3 is 2.59 bits per heavy atom. The highest BCUT2D eigenvalue weighted by Gasteiger charge is 2.46. The van der Waals surface area contributed by atoms with Crippen LogP contribution in [0.5, 0.6) is 0 Å². The molecule has 2 heterocycles. The van der Waals surface area contributed by atoms with Crippen LogP contribution in [0.4, 0.5) is 0 Å². The molecule has 1 aliphatic rings. The van der Waals surface area contributed by atoms with Gasteiger partial charge >= 0.3 is 0 Å². The average molecular weight is 453 g/mol. The van der Waals surface area contributed by atoms with Gasteiger partial charge in [0.05, 0.1) is 11.6 Å². The number of H-pyrrole nitrogens is 1. The summed E-state index contributed by atoms with van der Waals surface area (Å²) in [7, 11) is 0. The lowest BCUT2D eigenvalue weighted by molar-refractivity contribution is -0.139. The summed E-state index contributed by atoms with van der Waals surface area (Å²) < 4.78 is 0.866. The third-order valence-corrected chi connectivity index (χ3v) is 5.85. The van der Waals surface area contributed by atoms with Gasteiger partial charge < -0.3 is 15.0 Å². The van der Waals surface area contributed by atoms with Crippen LogP contribution in [0.1, 0.15) is 36.9 Å². The lowest BCUT2D eigenvalue weighted by Crippen LogP contribution is -2.30. The van der Waals surface area contributed by atoms with Crippen LogP contribution < -0.4 is 0 Å². The summed E-state index contributed by atoms with van der Waals surface area (Å²) in [6.45, 7) is 2.50. The SMILES string of the molecule is CCCCN1C(=O)C(=O)/C(=C(/O)c2ccc(Br)cc2)C1c1c[nH]c2ccccc12. The number of fused-ring (bicyclic) bond motifs is 1. The van der Waals surface area contributed by atoms with Gasteiger partial charge in [-0.1, -0.05) is 59.6 Å². The largest absolute Gasteiger partial charge is 0.507 e. The second kappa shape index (κ2) is 7.87. The van der Waals surface area contributed by atoms with Crippen LogP contribution in [-0.2, 0) is 9.59 Å². The molecule has 0 spiro atoms. The van der Waals surface area contributed by atoms with E-state index in [2.05, 4.69) is 20.9 Å². The molecule has 1 amide bonds. The van der Waals surface area contributed by atoms with Crippen LogP contribution in [0, 0.1) is 0 Å². The Balaban J connectivity index is 1.92. The normalized spacial score (nSPS) is 18.7. The van der Waals surface area contributed by atoms with E-state index >= 15 is 0 Å². The van der Waals surface area contributed by atoms with Gasteiger partial charge in [0, 0.05) is 39.2 Å². The molecule has 0 aliphatic carbocycles. The van der Waals surface area contributed by atoms with E-state index in [0.29, 0.717) is 12.1 Å². The van der Waals surface area contributed by atoms with Crippen molar-refractivity contribution in [1.82, 2.24) is 9.88 Å². The Bertz CT molecular complexity index is 1110. The van der Waals surface area contributed by atoms with Gasteiger partial charge in [0.1, 0.15) is 5.76 Å². The fraction of sp³-hybridized carbons (Fsp3) is 0.217. The molecule has 6 heteroatoms. The Labute approximate surface area is 177 Å². The number of nitrogens with zero attached hydrogens (tertiary/aromatic N) is 1. The summed E-state index contributed by atoms with van der Waals surface area (Å²) in [5.41, 5.74) is 2.38. The zero-order valence-electron chi connectivity index (χ0n) is 16.0. The number of ketones is 1. The van der Waals surface area contributed by atoms with Crippen molar-refractivity contribution in [2.24, 2.45) is 0 Å². The maximum absolute atomic E-state index is 13.0. The van der Waals surface area contributed by atoms with E-state index in [1.807, 2.05) is 37.4 Å². The van der Waals surface area contributed by atoms with E-state index in [-0.39, 0.29) is 11.3 Å². The van der Waals surface area contributed by atoms with E-state index in [1.54, 1.807) is 29.2 Å². The number of hydrogen-bond donors (Lipinski definition) is 2. The average Bonchev–Trinajstić information content (AvgIpc) is 3.26. The molecule has 3 aromatic rings. The molecule has 1 fully saturated rings. The molecule has 1 unspecified atom stereocenters. The van der Waals surface area contributed by atoms with Crippen molar-refractivity contribution in [1.29, 1.82) is 0 Å². The van der Waals surface area contributed by atoms with E-state index in [0.717, 1.165) is 33.8 Å². The van der Waals surface area contributed by atoms with Gasteiger partial charge in [-0.3, -0.25) is 9.59 Å². The molecule has 148 valence electrons. The quantitative estimate of drug-likeness (QED) is 0.319. The third-order valence-electron chi connectivity index (χ3n) is 5.33. The number of benzene rings is 2. The smallest absolute Gasteiger partial charge is 0.295 e. The first kappa shape index (κ1) is 19.5. The van der Waals surface area contributed by atoms with Crippen molar-refractivity contribution in [3.8, 4) is 0 Å². The number of carbonyl (C=O) groups is 2. The van der Waals surface area contributed by atoms with Crippen molar-refractivity contribution < 1.29 is 14.7 Å². The molecule has 4 rings (SSSR count). The number of halogens is 1. The molecule has 0 saturated carbocycles. The van der Waals surface area contributed by atoms with Gasteiger partial charge in [-0.2, -0.15) is 0 Å². The predicted molar refractivity (Wildman–Crippen MR) is 116 cm³/mol. The van der Waals surface area contributed by atoms with Gasteiger partial charge in [-0.05, 0) is 24.6 Å². The number of amides is 1. The minimum atomic E-state index is -0.642. The van der Waals surface area contributed by atoms with E-state index in [4.69, 9.17) is 0 Å². The van der Waals surface area contributed by atoms with Gasteiger partial charge in [0.15, 0.2) is 0 Å². The highest BCUT2D eigenvalue weighted by atomic mass is 79.9. The Kier molecular flexibility index (Phi) is 5.28. The molecule has 0 radical (unpaired) electrons. The van der Waals surface area contributed by atoms with Crippen LogP contribution >= 0.6 is 15.9 Å². The van der Waals surface area contributed by atoms with Crippen molar-refractivity contribution in [2.75, 3.05) is 6.54 Å². The molecule has 1 aliphatic heterocycles. The van der Waals surface area contributed by atoms with Crippen LogP contribution in [0.25, 0.3) is 16.7 Å². The number of aromatic amines is 1. The van der Waals surface area contributed by atoms with Crippen LogP contribution in [0.15, 0.2) is 64.8 Å². The standard InChI is InChI=1S/C23H21BrN2O3/c1-2-3-12-26-20(17-13-25-18-7-5-4-6-16(17)18)19(22(28)23(26)29)21(27)14-8-10-15(24)11-9-14/h4-11,13,20,25,27H,2-3,12H2,1H3/b21-19+. The number of para-hydroxylation sites is 1. The van der Waals surface area contributed by atoms with E-state index in [1.165, 1.54) is 0 Å². The molecule has 29 heavy (non-hydrogen) atoms. The summed E-state index contributed by atoms with van der Waals surface area (Å²) in [5.74, 6) is -1.35. The molecule has 5 nitrogen and oxygen atoms in total. The van der Waals surface area contributed by atoms with Crippen molar-refractivity contribution in [3.63, 3.8) is 0 Å². The molecular formula is C23H21BrN2O3. The summed E-state index contributed by atoms with van der Waals surface area (Å²) in [5, 5.41) is 12.0. The van der Waals surface area contributed by atoms with Gasteiger partial charge in [0.25, 0.3) is 11.7 Å². The summed E-state index contributed by atoms with van der Waals surface area (Å²) in [4.78, 5) is 30.6. The summed E-state index contributed by atoms with van der Waals surface area (Å²) >= 11 is 3.38. The lowest BCUT2D eigenvalue weighted by Gasteiger charge is -2.24. The Hall–Kier alpha value is -2.86. The van der Waals surface area contributed by atoms with Gasteiger partial charge in [-0.25, -0.2) is 0 Å². The zero-order valence-corrected chi connectivity index (χ0v) is 17.6. The molecule has 1 saturated heterocycles. The highest BCUT2D eigenvalue weighted by Crippen LogP contribution is 2.42. The fourth-order valence-electron chi connectivity index (χ4n) is 3.85. The number of aliphatic hydroxyl groups is 1. The number of likely N-dealkylation sites (tertiary alicyclic amines) is 1. The van der Waals surface area contributed by atoms with Gasteiger partial charge in [-0.15, -0.1) is 0 Å². The number of nitrogens with one attached hydrogen (secondary N) is 1. The number of aromatic nitrogens is 1. The van der Waals surface area contributed by atoms with E-state index < -0.39 is 17.7 Å². The molecule has 1 atom stereocenters. The molecule has 1 aromatic heterocycles. The third kappa shape index (κ3) is 3.38. The maximum Gasteiger partial charge on any atom is 0.295 e. The summed E-state index contributed by atoms with van der Waals surface area (Å²) in [6, 6.07) is 14.2. The Morgan fingerprint density at radius 2 is 1.86 bits per heavy atom. The number of unbranched alkanes of at least 4 members (excludes halogenated alkanes) is 1. The fourth-order valence-corrected chi connectivity index (χ4v) is 4.11. The molecule has 0 bridgehead atoms. The molecule has 2 N–H and O–H groups in total. The second-order valence-corrected chi connectivity index (χ2v) is 8.06. The van der Waals surface area contributed by atoms with Gasteiger partial charge in [0.2, 0.25) is 0 Å². The summed E-state index contributed by atoms with van der Waals surface area (Å²) in [6.07, 6.45) is 3.51. The van der Waals surface area contributed by atoms with Crippen molar-refractivity contribution in [3.05, 3.63) is 75.9 Å². The first-order chi connectivity index (χ1) is 14.0. The van der Waals surface area contributed by atoms with E-state index in [9.17, 15) is 14.7 Å². The minimum Gasteiger partial charge on any atom is -0.507 e. The van der Waals surface area contributed by atoms with Crippen LogP contribution in [0.2, 0.25) is 0 Å². The number of Topliss-reactive ketones (excluding diaryl/α,β-unsaturated/α-hetero) is 1. The lowest BCUT2D eigenvalue weighted by atomic mass is 9.95.